The summed E-state index contributed by atoms with van der Waals surface area (Å²) >= 11 is 2.60. The largest absolute Gasteiger partial charge is 0.493 e. The Labute approximate surface area is 245 Å². The molecule has 0 bridgehead atoms. The first-order valence-electron chi connectivity index (χ1n) is 12.3. The van der Waals surface area contributed by atoms with Crippen molar-refractivity contribution >= 4 is 57.7 Å². The van der Waals surface area contributed by atoms with Crippen molar-refractivity contribution in [1.29, 1.82) is 0 Å². The fraction of sp³-hybridized carbons (Fsp3) is 0.138. The van der Waals surface area contributed by atoms with E-state index in [1.165, 1.54) is 37.3 Å². The Morgan fingerprint density at radius 2 is 1.68 bits per heavy atom. The summed E-state index contributed by atoms with van der Waals surface area (Å²) < 4.78 is 10.7. The Balaban J connectivity index is 1.50. The maximum absolute atomic E-state index is 13.4. The molecule has 41 heavy (non-hydrogen) atoms. The molecule has 1 aromatic heterocycles. The van der Waals surface area contributed by atoms with Gasteiger partial charge in [-0.1, -0.05) is 41.7 Å². The van der Waals surface area contributed by atoms with Gasteiger partial charge in [-0.05, 0) is 61.0 Å². The summed E-state index contributed by atoms with van der Waals surface area (Å²) in [4.78, 5) is 39.4. The number of aryl methyl sites for hydroxylation is 1. The van der Waals surface area contributed by atoms with E-state index in [1.54, 1.807) is 72.8 Å². The number of hydrogen-bond donors (Lipinski definition) is 3. The number of amides is 3. The molecule has 0 aliphatic carbocycles. The summed E-state index contributed by atoms with van der Waals surface area (Å²) in [5.74, 6) is -0.0302. The highest BCUT2D eigenvalue weighted by Gasteiger charge is 2.16. The highest BCUT2D eigenvalue weighted by molar-refractivity contribution is 8.00. The minimum Gasteiger partial charge on any atom is -0.493 e. The summed E-state index contributed by atoms with van der Waals surface area (Å²) in [6.45, 7) is 1.81. The van der Waals surface area contributed by atoms with Crippen LogP contribution in [0.15, 0.2) is 83.4 Å². The summed E-state index contributed by atoms with van der Waals surface area (Å²) in [5.41, 5.74) is 1.53. The molecule has 0 aliphatic rings. The maximum Gasteiger partial charge on any atom is 0.272 e. The molecule has 3 amide bonds. The van der Waals surface area contributed by atoms with Crippen molar-refractivity contribution in [3.63, 3.8) is 0 Å². The van der Waals surface area contributed by atoms with E-state index in [0.717, 1.165) is 9.90 Å². The van der Waals surface area contributed by atoms with E-state index in [4.69, 9.17) is 9.47 Å². The molecular weight excluding hydrogens is 562 g/mol. The van der Waals surface area contributed by atoms with E-state index >= 15 is 0 Å². The number of rotatable bonds is 11. The van der Waals surface area contributed by atoms with Crippen LogP contribution in [0, 0.1) is 6.92 Å². The fourth-order valence-corrected chi connectivity index (χ4v) is 4.93. The second-order valence-electron chi connectivity index (χ2n) is 8.44. The molecule has 0 radical (unpaired) electrons. The number of benzene rings is 3. The minimum atomic E-state index is -0.532. The average Bonchev–Trinajstić information content (AvgIpc) is 3.40. The topological polar surface area (TPSA) is 132 Å². The lowest BCUT2D eigenvalue weighted by molar-refractivity contribution is -0.114. The molecular formula is C29H27N5O5S2. The van der Waals surface area contributed by atoms with Gasteiger partial charge in [-0.25, -0.2) is 0 Å². The van der Waals surface area contributed by atoms with E-state index in [1.807, 2.05) is 13.0 Å². The van der Waals surface area contributed by atoms with Crippen LogP contribution in [0.2, 0.25) is 0 Å². The first-order chi connectivity index (χ1) is 19.8. The quantitative estimate of drug-likeness (QED) is 0.164. The van der Waals surface area contributed by atoms with Gasteiger partial charge >= 0.3 is 0 Å². The van der Waals surface area contributed by atoms with Gasteiger partial charge in [0.15, 0.2) is 11.5 Å². The molecule has 3 aromatic carbocycles. The lowest BCUT2D eigenvalue weighted by atomic mass is 10.1. The van der Waals surface area contributed by atoms with Crippen molar-refractivity contribution in [1.82, 2.24) is 15.5 Å². The van der Waals surface area contributed by atoms with E-state index in [2.05, 4.69) is 26.1 Å². The normalized spacial score (nSPS) is 11.0. The van der Waals surface area contributed by atoms with E-state index < -0.39 is 11.8 Å². The standard InChI is InChI=1S/C29H27N5O5S2/c1-18-33-34-29(41-18)32-26(35)17-40-22-11-7-10-21(16-22)30-28(37)23(31-27(36)20-8-5-4-6-9-20)14-19-12-13-24(38-2)25(15-19)39-3/h4-16H,17H2,1-3H3,(H,30,37)(H,31,36)(H,32,34,35)/b23-14+. The number of nitrogens with zero attached hydrogens (tertiary/aromatic N) is 2. The van der Waals surface area contributed by atoms with Crippen LogP contribution in [-0.4, -0.2) is 47.9 Å². The second kappa shape index (κ2) is 14.1. The minimum absolute atomic E-state index is 0.0239. The molecule has 12 heteroatoms. The van der Waals surface area contributed by atoms with E-state index in [9.17, 15) is 14.4 Å². The van der Waals surface area contributed by atoms with Gasteiger partial charge in [0.05, 0.1) is 20.0 Å². The van der Waals surface area contributed by atoms with Gasteiger partial charge in [-0.2, -0.15) is 0 Å². The number of methoxy groups -OCH3 is 2. The Morgan fingerprint density at radius 1 is 0.902 bits per heavy atom. The Bertz CT molecular complexity index is 1570. The molecule has 0 saturated carbocycles. The molecule has 0 fully saturated rings. The monoisotopic (exact) mass is 589 g/mol. The first-order valence-corrected chi connectivity index (χ1v) is 14.1. The third-order valence-electron chi connectivity index (χ3n) is 5.48. The van der Waals surface area contributed by atoms with Gasteiger partial charge in [-0.3, -0.25) is 19.7 Å². The molecule has 4 rings (SSSR count). The zero-order chi connectivity index (χ0) is 29.2. The van der Waals surface area contributed by atoms with Crippen LogP contribution in [0.25, 0.3) is 6.08 Å². The second-order valence-corrected chi connectivity index (χ2v) is 10.7. The summed E-state index contributed by atoms with van der Waals surface area (Å²) in [6, 6.07) is 20.8. The molecule has 4 aromatic rings. The number of aromatic nitrogens is 2. The molecule has 0 saturated heterocycles. The number of carbonyl (C=O) groups excluding carboxylic acids is 3. The van der Waals surface area contributed by atoms with Crippen molar-refractivity contribution in [3.8, 4) is 11.5 Å². The van der Waals surface area contributed by atoms with Crippen LogP contribution in [-0.2, 0) is 9.59 Å². The molecule has 1 heterocycles. The number of ether oxygens (including phenoxy) is 2. The highest BCUT2D eigenvalue weighted by Crippen LogP contribution is 2.28. The molecule has 10 nitrogen and oxygen atoms in total. The summed E-state index contributed by atoms with van der Waals surface area (Å²) in [5, 5.41) is 17.2. The van der Waals surface area contributed by atoms with Crippen molar-refractivity contribution < 1.29 is 23.9 Å². The zero-order valence-electron chi connectivity index (χ0n) is 22.5. The van der Waals surface area contributed by atoms with E-state index in [0.29, 0.717) is 33.4 Å². The lowest BCUT2D eigenvalue weighted by Crippen LogP contribution is -2.30. The molecule has 0 aliphatic heterocycles. The number of anilines is 2. The van der Waals surface area contributed by atoms with Crippen molar-refractivity contribution in [2.45, 2.75) is 11.8 Å². The number of nitrogens with one attached hydrogen (secondary N) is 3. The van der Waals surface area contributed by atoms with Crippen LogP contribution in [0.4, 0.5) is 10.8 Å². The van der Waals surface area contributed by atoms with Gasteiger partial charge in [0.2, 0.25) is 11.0 Å². The number of hydrogen-bond acceptors (Lipinski definition) is 9. The third kappa shape index (κ3) is 8.40. The molecule has 0 atom stereocenters. The summed E-state index contributed by atoms with van der Waals surface area (Å²) in [7, 11) is 3.05. The first kappa shape index (κ1) is 29.3. The number of carbonyl (C=O) groups is 3. The summed E-state index contributed by atoms with van der Waals surface area (Å²) in [6.07, 6.45) is 1.55. The van der Waals surface area contributed by atoms with Gasteiger partial charge < -0.3 is 20.1 Å². The Hall–Kier alpha value is -4.68. The number of thioether (sulfide) groups is 1. The van der Waals surface area contributed by atoms with Crippen LogP contribution < -0.4 is 25.4 Å². The Kier molecular flexibility index (Phi) is 10.1. The smallest absolute Gasteiger partial charge is 0.272 e. The van der Waals surface area contributed by atoms with Crippen LogP contribution >= 0.6 is 23.1 Å². The van der Waals surface area contributed by atoms with Gasteiger partial charge in [0.1, 0.15) is 10.7 Å². The lowest BCUT2D eigenvalue weighted by Gasteiger charge is -2.13. The van der Waals surface area contributed by atoms with Crippen molar-refractivity contribution in [2.75, 3.05) is 30.6 Å². The predicted molar refractivity (Wildman–Crippen MR) is 161 cm³/mol. The van der Waals surface area contributed by atoms with Gasteiger partial charge in [0.25, 0.3) is 11.8 Å². The zero-order valence-corrected chi connectivity index (χ0v) is 24.1. The van der Waals surface area contributed by atoms with Crippen molar-refractivity contribution in [2.24, 2.45) is 0 Å². The average molecular weight is 590 g/mol. The highest BCUT2D eigenvalue weighted by atomic mass is 32.2. The molecule has 210 valence electrons. The maximum atomic E-state index is 13.4. The van der Waals surface area contributed by atoms with Crippen LogP contribution in [0.1, 0.15) is 20.9 Å². The SMILES string of the molecule is COc1ccc(/C=C(/NC(=O)c2ccccc2)C(=O)Nc2cccc(SCC(=O)Nc3nnc(C)s3)c2)cc1OC. The van der Waals surface area contributed by atoms with Crippen molar-refractivity contribution in [3.05, 3.63) is 94.6 Å². The molecule has 3 N–H and O–H groups in total. The van der Waals surface area contributed by atoms with E-state index in [-0.39, 0.29) is 17.4 Å². The third-order valence-corrected chi connectivity index (χ3v) is 7.23. The van der Waals surface area contributed by atoms with Crippen LogP contribution in [0.3, 0.4) is 0 Å². The van der Waals surface area contributed by atoms with Gasteiger partial charge in [0, 0.05) is 16.1 Å². The fourth-order valence-electron chi connectivity index (χ4n) is 3.57. The van der Waals surface area contributed by atoms with Gasteiger partial charge in [-0.15, -0.1) is 22.0 Å². The molecule has 0 unspecified atom stereocenters. The molecule has 0 spiro atoms. The predicted octanol–water partition coefficient (Wildman–Crippen LogP) is 5.00. The Morgan fingerprint density at radius 3 is 2.39 bits per heavy atom. The van der Waals surface area contributed by atoms with Crippen LogP contribution in [0.5, 0.6) is 11.5 Å².